The van der Waals surface area contributed by atoms with Crippen molar-refractivity contribution in [2.75, 3.05) is 0 Å². The first kappa shape index (κ1) is 9.01. The van der Waals surface area contributed by atoms with Crippen LogP contribution in [0, 0.1) is 0 Å². The topological polar surface area (TPSA) is 21.3 Å². The van der Waals surface area contributed by atoms with Crippen molar-refractivity contribution in [2.24, 2.45) is 0 Å². The minimum absolute atomic E-state index is 0.166. The highest BCUT2D eigenvalue weighted by Gasteiger charge is 2.36. The van der Waals surface area contributed by atoms with E-state index in [2.05, 4.69) is 39.9 Å². The van der Waals surface area contributed by atoms with E-state index in [1.165, 1.54) is 0 Å². The molecule has 0 aromatic carbocycles. The summed E-state index contributed by atoms with van der Waals surface area (Å²) >= 11 is 0. The third-order valence-electron chi connectivity index (χ3n) is 1.93. The Bertz CT molecular complexity index is 136. The van der Waals surface area contributed by atoms with E-state index >= 15 is 0 Å². The molecule has 11 heavy (non-hydrogen) atoms. The molecule has 0 amide bonds. The maximum atomic E-state index is 5.70. The molecular weight excluding hydrogens is 138 g/mol. The minimum Gasteiger partial charge on any atom is -0.358 e. The van der Waals surface area contributed by atoms with Crippen molar-refractivity contribution in [3.8, 4) is 0 Å². The Morgan fingerprint density at radius 3 is 2.18 bits per heavy atom. The van der Waals surface area contributed by atoms with Gasteiger partial charge in [0.2, 0.25) is 0 Å². The Balaban J connectivity index is 2.66. The van der Waals surface area contributed by atoms with Crippen LogP contribution in [-0.4, -0.2) is 17.4 Å². The fourth-order valence-corrected chi connectivity index (χ4v) is 2.16. The summed E-state index contributed by atoms with van der Waals surface area (Å²) in [5.74, 6) is 0. The van der Waals surface area contributed by atoms with E-state index < -0.39 is 0 Å². The summed E-state index contributed by atoms with van der Waals surface area (Å²) in [7, 11) is 0. The van der Waals surface area contributed by atoms with Gasteiger partial charge in [-0.15, -0.1) is 0 Å². The lowest BCUT2D eigenvalue weighted by Gasteiger charge is -2.45. The average Bonchev–Trinajstić information content (AvgIpc) is 1.49. The molecular formula is C9H19NO. The van der Waals surface area contributed by atoms with Gasteiger partial charge in [0.15, 0.2) is 0 Å². The molecule has 1 unspecified atom stereocenters. The maximum absolute atomic E-state index is 5.70. The van der Waals surface area contributed by atoms with Crippen molar-refractivity contribution in [3.63, 3.8) is 0 Å². The van der Waals surface area contributed by atoms with Gasteiger partial charge in [0, 0.05) is 5.54 Å². The molecule has 66 valence electrons. The zero-order valence-corrected chi connectivity index (χ0v) is 8.19. The van der Waals surface area contributed by atoms with E-state index in [9.17, 15) is 0 Å². The number of hydrogen-bond acceptors (Lipinski definition) is 2. The lowest BCUT2D eigenvalue weighted by molar-refractivity contribution is -0.143. The predicted molar refractivity (Wildman–Crippen MR) is 46.5 cm³/mol. The first-order valence-electron chi connectivity index (χ1n) is 4.28. The van der Waals surface area contributed by atoms with Crippen LogP contribution < -0.4 is 5.32 Å². The fraction of sp³-hybridized carbons (Fsp3) is 1.00. The molecule has 1 saturated heterocycles. The summed E-state index contributed by atoms with van der Waals surface area (Å²) in [6.45, 7) is 10.7. The maximum Gasteiger partial charge on any atom is 0.114 e. The monoisotopic (exact) mass is 157 g/mol. The molecule has 1 rings (SSSR count). The molecule has 2 heteroatoms. The summed E-state index contributed by atoms with van der Waals surface area (Å²) in [6.07, 6.45) is 1.44. The largest absolute Gasteiger partial charge is 0.358 e. The van der Waals surface area contributed by atoms with Crippen LogP contribution in [0.3, 0.4) is 0 Å². The van der Waals surface area contributed by atoms with Gasteiger partial charge >= 0.3 is 0 Å². The molecule has 1 atom stereocenters. The number of ether oxygens (including phenoxy) is 1. The predicted octanol–water partition coefficient (Wildman–Crippen LogP) is 1.90. The van der Waals surface area contributed by atoms with Crippen LogP contribution in [0.5, 0.6) is 0 Å². The minimum atomic E-state index is -0.166. The molecule has 1 N–H and O–H groups in total. The van der Waals surface area contributed by atoms with Gasteiger partial charge in [-0.1, -0.05) is 0 Å². The Morgan fingerprint density at radius 2 is 1.82 bits per heavy atom. The molecule has 1 fully saturated rings. The zero-order valence-electron chi connectivity index (χ0n) is 8.19. The summed E-state index contributed by atoms with van der Waals surface area (Å²) in [4.78, 5) is 0. The van der Waals surface area contributed by atoms with Crippen LogP contribution in [0.1, 0.15) is 41.0 Å². The van der Waals surface area contributed by atoms with Crippen molar-refractivity contribution < 1.29 is 4.74 Å². The van der Waals surface area contributed by atoms with Crippen LogP contribution in [0.15, 0.2) is 0 Å². The molecule has 0 aliphatic carbocycles. The van der Waals surface area contributed by atoms with Gasteiger partial charge in [-0.25, -0.2) is 0 Å². The number of rotatable bonds is 0. The summed E-state index contributed by atoms with van der Waals surface area (Å²) in [6, 6.07) is 0. The molecule has 0 spiro atoms. The first-order valence-corrected chi connectivity index (χ1v) is 4.28. The van der Waals surface area contributed by atoms with Crippen LogP contribution in [0.2, 0.25) is 0 Å². The highest BCUT2D eigenvalue weighted by molar-refractivity contribution is 4.89. The Labute approximate surface area is 69.3 Å². The quantitative estimate of drug-likeness (QED) is 0.580. The Hall–Kier alpha value is -0.0800. The van der Waals surface area contributed by atoms with E-state index in [1.54, 1.807) is 0 Å². The normalized spacial score (nSPS) is 35.2. The lowest BCUT2D eigenvalue weighted by Crippen LogP contribution is -2.60. The second kappa shape index (κ2) is 2.46. The molecule has 0 saturated carbocycles. The van der Waals surface area contributed by atoms with E-state index in [0.717, 1.165) is 6.42 Å². The van der Waals surface area contributed by atoms with Crippen molar-refractivity contribution in [2.45, 2.75) is 58.4 Å². The third-order valence-corrected chi connectivity index (χ3v) is 1.93. The van der Waals surface area contributed by atoms with Crippen LogP contribution in [0.25, 0.3) is 0 Å². The van der Waals surface area contributed by atoms with Crippen molar-refractivity contribution in [1.82, 2.24) is 5.32 Å². The smallest absolute Gasteiger partial charge is 0.114 e. The Morgan fingerprint density at radius 1 is 1.27 bits per heavy atom. The number of nitrogens with one attached hydrogen (secondary N) is 1. The van der Waals surface area contributed by atoms with Crippen molar-refractivity contribution in [1.29, 1.82) is 0 Å². The molecule has 0 aromatic heterocycles. The van der Waals surface area contributed by atoms with Crippen LogP contribution in [0.4, 0.5) is 0 Å². The van der Waals surface area contributed by atoms with Gasteiger partial charge < -0.3 is 4.74 Å². The molecule has 1 aliphatic heterocycles. The van der Waals surface area contributed by atoms with Crippen LogP contribution >= 0.6 is 0 Å². The highest BCUT2D eigenvalue weighted by Crippen LogP contribution is 2.26. The lowest BCUT2D eigenvalue weighted by atomic mass is 9.93. The van der Waals surface area contributed by atoms with Gasteiger partial charge in [-0.05, 0) is 41.0 Å². The van der Waals surface area contributed by atoms with Gasteiger partial charge in [-0.2, -0.15) is 0 Å². The van der Waals surface area contributed by atoms with E-state index in [-0.39, 0.29) is 11.3 Å². The molecule has 1 aliphatic rings. The summed E-state index contributed by atoms with van der Waals surface area (Å²) in [5, 5.41) is 3.44. The van der Waals surface area contributed by atoms with Crippen molar-refractivity contribution >= 4 is 0 Å². The zero-order chi connectivity index (χ0) is 8.70. The summed E-state index contributed by atoms with van der Waals surface area (Å²) in [5.41, 5.74) is 0.0440. The SMILES string of the molecule is CC1CC(C)(C)NC(C)(C)O1. The summed E-state index contributed by atoms with van der Waals surface area (Å²) < 4.78 is 5.70. The molecule has 0 radical (unpaired) electrons. The Kier molecular flexibility index (Phi) is 2.01. The van der Waals surface area contributed by atoms with Gasteiger partial charge in [0.25, 0.3) is 0 Å². The second-order valence-corrected chi connectivity index (χ2v) is 4.65. The molecule has 2 nitrogen and oxygen atoms in total. The van der Waals surface area contributed by atoms with Gasteiger partial charge in [0.1, 0.15) is 5.72 Å². The van der Waals surface area contributed by atoms with E-state index in [4.69, 9.17) is 4.74 Å². The van der Waals surface area contributed by atoms with E-state index in [1.807, 2.05) is 0 Å². The highest BCUT2D eigenvalue weighted by atomic mass is 16.5. The number of hydrogen-bond donors (Lipinski definition) is 1. The molecule has 0 aromatic rings. The van der Waals surface area contributed by atoms with Crippen LogP contribution in [-0.2, 0) is 4.74 Å². The first-order chi connectivity index (χ1) is 4.81. The standard InChI is InChI=1S/C9H19NO/c1-7-6-8(2,3)10-9(4,5)11-7/h7,10H,6H2,1-5H3. The molecule has 1 heterocycles. The van der Waals surface area contributed by atoms with Crippen molar-refractivity contribution in [3.05, 3.63) is 0 Å². The fourth-order valence-electron chi connectivity index (χ4n) is 2.16. The van der Waals surface area contributed by atoms with Gasteiger partial charge in [0.05, 0.1) is 6.10 Å². The van der Waals surface area contributed by atoms with Gasteiger partial charge in [-0.3, -0.25) is 5.32 Å². The third kappa shape index (κ3) is 2.46. The molecule has 0 bridgehead atoms. The van der Waals surface area contributed by atoms with E-state index in [0.29, 0.717) is 6.10 Å². The second-order valence-electron chi connectivity index (χ2n) is 4.65. The average molecular weight is 157 g/mol.